The van der Waals surface area contributed by atoms with E-state index in [1.807, 2.05) is 18.2 Å². The molecule has 1 aliphatic heterocycles. The van der Waals surface area contributed by atoms with Crippen LogP contribution in [0.15, 0.2) is 30.3 Å². The minimum atomic E-state index is -0.695. The highest BCUT2D eigenvalue weighted by Crippen LogP contribution is 2.26. The number of nitrogens with one attached hydrogen (secondary N) is 1. The summed E-state index contributed by atoms with van der Waals surface area (Å²) in [7, 11) is 0. The van der Waals surface area contributed by atoms with E-state index >= 15 is 0 Å². The Balaban J connectivity index is 1.65. The second-order valence-corrected chi connectivity index (χ2v) is 8.81. The van der Waals surface area contributed by atoms with Crippen molar-refractivity contribution in [2.75, 3.05) is 39.4 Å². The predicted octanol–water partition coefficient (Wildman–Crippen LogP) is 2.94. The van der Waals surface area contributed by atoms with Crippen LogP contribution < -0.4 is 5.32 Å². The smallest absolute Gasteiger partial charge is 0.235 e. The second-order valence-electron chi connectivity index (χ2n) is 8.81. The van der Waals surface area contributed by atoms with Crippen LogP contribution in [-0.2, 0) is 16.1 Å². The van der Waals surface area contributed by atoms with Crippen molar-refractivity contribution >= 4 is 5.91 Å². The topological polar surface area (TPSA) is 68.6 Å². The summed E-state index contributed by atoms with van der Waals surface area (Å²) in [6, 6.07) is 13.0. The van der Waals surface area contributed by atoms with Crippen molar-refractivity contribution < 1.29 is 9.53 Å². The van der Waals surface area contributed by atoms with Crippen molar-refractivity contribution in [2.45, 2.75) is 63.6 Å². The Morgan fingerprint density at radius 1 is 1.20 bits per heavy atom. The van der Waals surface area contributed by atoms with Gasteiger partial charge in [0.05, 0.1) is 25.8 Å². The summed E-state index contributed by atoms with van der Waals surface area (Å²) in [4.78, 5) is 17.7. The molecule has 0 spiro atoms. The largest absolute Gasteiger partial charge is 0.379 e. The maximum atomic E-state index is 13.0. The van der Waals surface area contributed by atoms with Crippen LogP contribution in [0.4, 0.5) is 0 Å². The Morgan fingerprint density at radius 2 is 1.87 bits per heavy atom. The first-order valence-electron chi connectivity index (χ1n) is 11.4. The summed E-state index contributed by atoms with van der Waals surface area (Å²) in [5.74, 6) is -0.0387. The van der Waals surface area contributed by atoms with Crippen molar-refractivity contribution in [1.29, 1.82) is 5.26 Å². The zero-order valence-electron chi connectivity index (χ0n) is 18.3. The summed E-state index contributed by atoms with van der Waals surface area (Å²) in [5.41, 5.74) is 0.503. The van der Waals surface area contributed by atoms with Crippen molar-refractivity contribution in [2.24, 2.45) is 0 Å². The minimum Gasteiger partial charge on any atom is -0.379 e. The first kappa shape index (κ1) is 22.7. The van der Waals surface area contributed by atoms with Gasteiger partial charge in [0.1, 0.15) is 5.54 Å². The van der Waals surface area contributed by atoms with Gasteiger partial charge in [-0.1, -0.05) is 56.0 Å². The van der Waals surface area contributed by atoms with Crippen LogP contribution in [0, 0.1) is 11.3 Å². The summed E-state index contributed by atoms with van der Waals surface area (Å²) in [6.07, 6.45) is 5.84. The molecule has 1 aromatic rings. The molecule has 2 aliphatic rings. The van der Waals surface area contributed by atoms with Crippen LogP contribution in [0.2, 0.25) is 0 Å². The van der Waals surface area contributed by atoms with Gasteiger partial charge >= 0.3 is 0 Å². The molecule has 1 aromatic carbocycles. The predicted molar refractivity (Wildman–Crippen MR) is 118 cm³/mol. The summed E-state index contributed by atoms with van der Waals surface area (Å²) in [6.45, 7) is 7.56. The number of ether oxygens (including phenoxy) is 1. The molecule has 0 aromatic heterocycles. The third-order valence-corrected chi connectivity index (χ3v) is 6.37. The number of nitriles is 1. The Bertz CT molecular complexity index is 689. The maximum absolute atomic E-state index is 13.0. The van der Waals surface area contributed by atoms with Crippen LogP contribution in [0.1, 0.15) is 51.0 Å². The third-order valence-electron chi connectivity index (χ3n) is 6.37. The van der Waals surface area contributed by atoms with Gasteiger partial charge in [0.2, 0.25) is 5.91 Å². The summed E-state index contributed by atoms with van der Waals surface area (Å²) in [5, 5.41) is 12.9. The highest BCUT2D eigenvalue weighted by molar-refractivity contribution is 5.79. The van der Waals surface area contributed by atoms with Crippen molar-refractivity contribution in [3.8, 4) is 6.07 Å². The third kappa shape index (κ3) is 6.80. The monoisotopic (exact) mass is 412 g/mol. The van der Waals surface area contributed by atoms with Gasteiger partial charge in [-0.2, -0.15) is 5.26 Å². The molecule has 0 bridgehead atoms. The Morgan fingerprint density at radius 3 is 2.50 bits per heavy atom. The fourth-order valence-electron chi connectivity index (χ4n) is 4.55. The van der Waals surface area contributed by atoms with Gasteiger partial charge < -0.3 is 10.1 Å². The summed E-state index contributed by atoms with van der Waals surface area (Å²) >= 11 is 0. The number of amides is 1. The SMILES string of the molecule is CC(CN1CCOCC1)N(CC(=O)NC1(C#N)CCCCCC1)Cc1ccccc1. The van der Waals surface area contributed by atoms with Crippen LogP contribution in [0.25, 0.3) is 0 Å². The molecule has 1 heterocycles. The fourth-order valence-corrected chi connectivity index (χ4v) is 4.55. The molecule has 1 aliphatic carbocycles. The number of benzene rings is 1. The Kier molecular flexibility index (Phi) is 8.68. The van der Waals surface area contributed by atoms with Crippen LogP contribution >= 0.6 is 0 Å². The number of morpholine rings is 1. The van der Waals surface area contributed by atoms with Gasteiger partial charge in [0, 0.05) is 32.2 Å². The second kappa shape index (κ2) is 11.5. The van der Waals surface area contributed by atoms with Crippen molar-refractivity contribution in [3.63, 3.8) is 0 Å². The minimum absolute atomic E-state index is 0.0387. The first-order valence-corrected chi connectivity index (χ1v) is 11.4. The quantitative estimate of drug-likeness (QED) is 0.665. The lowest BCUT2D eigenvalue weighted by Crippen LogP contribution is -2.53. The van der Waals surface area contributed by atoms with E-state index in [2.05, 4.69) is 40.2 Å². The standard InChI is InChI=1S/C24H36N4O2/c1-21(17-27-13-15-30-16-14-27)28(18-22-9-5-4-6-10-22)19-23(29)26-24(20-25)11-7-2-3-8-12-24/h4-6,9-10,21H,2-3,7-8,11-19H2,1H3,(H,26,29). The molecule has 6 nitrogen and oxygen atoms in total. The van der Waals surface area contributed by atoms with E-state index < -0.39 is 5.54 Å². The van der Waals surface area contributed by atoms with Gasteiger partial charge in [0.15, 0.2) is 0 Å². The van der Waals surface area contributed by atoms with Gasteiger partial charge in [-0.05, 0) is 25.3 Å². The van der Waals surface area contributed by atoms with Gasteiger partial charge in [-0.15, -0.1) is 0 Å². The number of carbonyl (C=O) groups excluding carboxylic acids is 1. The molecular formula is C24H36N4O2. The molecule has 2 fully saturated rings. The number of hydrogen-bond acceptors (Lipinski definition) is 5. The Hall–Kier alpha value is -1.94. The van der Waals surface area contributed by atoms with E-state index in [0.29, 0.717) is 6.54 Å². The van der Waals surface area contributed by atoms with E-state index in [1.165, 1.54) is 5.56 Å². The molecule has 164 valence electrons. The lowest BCUT2D eigenvalue weighted by atomic mass is 9.92. The molecule has 1 saturated heterocycles. The number of nitrogens with zero attached hydrogens (tertiary/aromatic N) is 3. The van der Waals surface area contributed by atoms with Crippen LogP contribution in [0.3, 0.4) is 0 Å². The molecule has 1 N–H and O–H groups in total. The van der Waals surface area contributed by atoms with Crippen molar-refractivity contribution in [3.05, 3.63) is 35.9 Å². The Labute approximate surface area is 181 Å². The normalized spacial score (nSPS) is 20.8. The van der Waals surface area contributed by atoms with Crippen LogP contribution in [0.5, 0.6) is 0 Å². The summed E-state index contributed by atoms with van der Waals surface area (Å²) < 4.78 is 5.47. The highest BCUT2D eigenvalue weighted by atomic mass is 16.5. The number of rotatable bonds is 8. The molecule has 1 saturated carbocycles. The molecule has 3 rings (SSSR count). The van der Waals surface area contributed by atoms with E-state index in [-0.39, 0.29) is 11.9 Å². The fraction of sp³-hybridized carbons (Fsp3) is 0.667. The molecule has 1 unspecified atom stereocenters. The van der Waals surface area contributed by atoms with Gasteiger partial charge in [-0.25, -0.2) is 0 Å². The van der Waals surface area contributed by atoms with Crippen LogP contribution in [-0.4, -0.2) is 66.7 Å². The molecule has 0 radical (unpaired) electrons. The highest BCUT2D eigenvalue weighted by Gasteiger charge is 2.33. The average Bonchev–Trinajstić information content (AvgIpc) is 3.00. The average molecular weight is 413 g/mol. The molecule has 1 amide bonds. The molecular weight excluding hydrogens is 376 g/mol. The number of carbonyl (C=O) groups is 1. The molecule has 6 heteroatoms. The zero-order valence-corrected chi connectivity index (χ0v) is 18.3. The lowest BCUT2D eigenvalue weighted by molar-refractivity contribution is -0.124. The van der Waals surface area contributed by atoms with Gasteiger partial charge in [-0.3, -0.25) is 14.6 Å². The molecule has 1 atom stereocenters. The van der Waals surface area contributed by atoms with Gasteiger partial charge in [0.25, 0.3) is 0 Å². The lowest BCUT2D eigenvalue weighted by Gasteiger charge is -2.35. The first-order chi connectivity index (χ1) is 14.6. The maximum Gasteiger partial charge on any atom is 0.235 e. The number of hydrogen-bond donors (Lipinski definition) is 1. The zero-order chi connectivity index (χ0) is 21.2. The van der Waals surface area contributed by atoms with E-state index in [9.17, 15) is 10.1 Å². The molecule has 30 heavy (non-hydrogen) atoms. The van der Waals surface area contributed by atoms with Crippen molar-refractivity contribution in [1.82, 2.24) is 15.1 Å². The van der Waals surface area contributed by atoms with E-state index in [4.69, 9.17) is 4.74 Å². The van der Waals surface area contributed by atoms with E-state index in [1.54, 1.807) is 0 Å². The van der Waals surface area contributed by atoms with E-state index in [0.717, 1.165) is 77.9 Å².